The van der Waals surface area contributed by atoms with Crippen molar-refractivity contribution in [3.05, 3.63) is 102 Å². The largest absolute Gasteiger partial charge is 0.345 e. The molecule has 0 saturated carbocycles. The van der Waals surface area contributed by atoms with E-state index in [4.69, 9.17) is 0 Å². The number of hydrogen-bond acceptors (Lipinski definition) is 5. The molecule has 1 heterocycles. The van der Waals surface area contributed by atoms with Gasteiger partial charge in [0.1, 0.15) is 12.7 Å². The minimum atomic E-state index is -0.194. The summed E-state index contributed by atoms with van der Waals surface area (Å²) >= 11 is 1.34. The lowest BCUT2D eigenvalue weighted by atomic mass is 10.1. The Morgan fingerprint density at radius 3 is 2.44 bits per heavy atom. The number of thioether (sulfide) groups is 1. The van der Waals surface area contributed by atoms with Crippen molar-refractivity contribution in [2.24, 2.45) is 0 Å². The fourth-order valence-electron chi connectivity index (χ4n) is 3.37. The number of aryl methyl sites for hydroxylation is 1. The fourth-order valence-corrected chi connectivity index (χ4v) is 4.22. The van der Waals surface area contributed by atoms with Crippen molar-refractivity contribution in [2.75, 3.05) is 11.1 Å². The maximum atomic E-state index is 13.0. The van der Waals surface area contributed by atoms with E-state index in [9.17, 15) is 9.59 Å². The molecule has 0 aliphatic heterocycles. The van der Waals surface area contributed by atoms with Crippen LogP contribution in [0.4, 0.5) is 5.69 Å². The second kappa shape index (κ2) is 10.8. The fraction of sp³-hybridized carbons (Fsp3) is 0.154. The van der Waals surface area contributed by atoms with Gasteiger partial charge >= 0.3 is 0 Å². The third kappa shape index (κ3) is 5.90. The molecule has 34 heavy (non-hydrogen) atoms. The predicted molar refractivity (Wildman–Crippen MR) is 134 cm³/mol. The maximum absolute atomic E-state index is 13.0. The van der Waals surface area contributed by atoms with E-state index in [-0.39, 0.29) is 23.6 Å². The number of hydrogen-bond donors (Lipinski definition) is 2. The van der Waals surface area contributed by atoms with Crippen molar-refractivity contribution in [3.8, 4) is 5.69 Å². The van der Waals surface area contributed by atoms with Crippen LogP contribution in [0.1, 0.15) is 34.5 Å². The normalized spacial score (nSPS) is 11.6. The lowest BCUT2D eigenvalue weighted by molar-refractivity contribution is -0.113. The number of rotatable bonds is 8. The molecule has 8 heteroatoms. The van der Waals surface area contributed by atoms with Crippen LogP contribution in [0.2, 0.25) is 0 Å². The molecule has 1 unspecified atom stereocenters. The van der Waals surface area contributed by atoms with E-state index in [1.54, 1.807) is 17.1 Å². The minimum Gasteiger partial charge on any atom is -0.345 e. The Balaban J connectivity index is 1.37. The molecule has 172 valence electrons. The van der Waals surface area contributed by atoms with Gasteiger partial charge in [-0.25, -0.2) is 9.67 Å². The summed E-state index contributed by atoms with van der Waals surface area (Å²) in [6.45, 7) is 3.94. The van der Waals surface area contributed by atoms with Crippen molar-refractivity contribution in [3.63, 3.8) is 0 Å². The van der Waals surface area contributed by atoms with E-state index >= 15 is 0 Å². The second-order valence-electron chi connectivity index (χ2n) is 7.83. The number of nitrogens with one attached hydrogen (secondary N) is 2. The van der Waals surface area contributed by atoms with Gasteiger partial charge in [-0.05, 0) is 55.8 Å². The topological polar surface area (TPSA) is 88.9 Å². The van der Waals surface area contributed by atoms with Gasteiger partial charge in [0.2, 0.25) is 5.91 Å². The Labute approximate surface area is 202 Å². The first-order valence-electron chi connectivity index (χ1n) is 10.8. The first-order valence-corrected chi connectivity index (χ1v) is 11.8. The van der Waals surface area contributed by atoms with Gasteiger partial charge in [-0.1, -0.05) is 42.0 Å². The molecule has 3 aromatic carbocycles. The average molecular weight is 472 g/mol. The lowest BCUT2D eigenvalue weighted by Crippen LogP contribution is -2.27. The standard InChI is InChI=1S/C26H25N5O2S/c1-18-7-11-21(12-8-18)30-25(32)15-34-24-6-4-3-5-23(24)26(33)29-19(2)20-9-13-22(14-10-20)31-17-27-16-28-31/h3-14,16-17,19H,15H2,1-2H3,(H,29,33)(H,30,32). The van der Waals surface area contributed by atoms with Crippen LogP contribution in [0.25, 0.3) is 5.69 Å². The zero-order valence-electron chi connectivity index (χ0n) is 18.9. The number of carbonyl (C=O) groups is 2. The highest BCUT2D eigenvalue weighted by Gasteiger charge is 2.16. The number of amides is 2. The van der Waals surface area contributed by atoms with Crippen LogP contribution in [0.15, 0.2) is 90.3 Å². The summed E-state index contributed by atoms with van der Waals surface area (Å²) in [6, 6.07) is 22.6. The zero-order valence-corrected chi connectivity index (χ0v) is 19.8. The minimum absolute atomic E-state index is 0.120. The highest BCUT2D eigenvalue weighted by atomic mass is 32.2. The monoisotopic (exact) mass is 471 g/mol. The van der Waals surface area contributed by atoms with Crippen molar-refractivity contribution >= 4 is 29.3 Å². The van der Waals surface area contributed by atoms with Crippen molar-refractivity contribution in [1.29, 1.82) is 0 Å². The van der Waals surface area contributed by atoms with Gasteiger partial charge in [0.25, 0.3) is 5.91 Å². The van der Waals surface area contributed by atoms with Crippen molar-refractivity contribution in [2.45, 2.75) is 24.8 Å². The molecule has 0 saturated heterocycles. The summed E-state index contributed by atoms with van der Waals surface area (Å²) in [6.07, 6.45) is 3.12. The SMILES string of the molecule is Cc1ccc(NC(=O)CSc2ccccc2C(=O)NC(C)c2ccc(-n3cncn3)cc2)cc1. The summed E-state index contributed by atoms with van der Waals surface area (Å²) in [4.78, 5) is 30.1. The Hall–Kier alpha value is -3.91. The van der Waals surface area contributed by atoms with Gasteiger partial charge in [-0.3, -0.25) is 9.59 Å². The van der Waals surface area contributed by atoms with Crippen molar-refractivity contribution in [1.82, 2.24) is 20.1 Å². The molecule has 0 spiro atoms. The van der Waals surface area contributed by atoms with E-state index in [1.165, 1.54) is 18.1 Å². The molecule has 2 N–H and O–H groups in total. The quantitative estimate of drug-likeness (QED) is 0.361. The summed E-state index contributed by atoms with van der Waals surface area (Å²) in [7, 11) is 0. The highest BCUT2D eigenvalue weighted by Crippen LogP contribution is 2.24. The van der Waals surface area contributed by atoms with Crippen LogP contribution in [0.3, 0.4) is 0 Å². The predicted octanol–water partition coefficient (Wildman–Crippen LogP) is 4.80. The first kappa shape index (κ1) is 23.3. The van der Waals surface area contributed by atoms with Crippen LogP contribution in [-0.2, 0) is 4.79 Å². The Morgan fingerprint density at radius 1 is 1.00 bits per heavy atom. The van der Waals surface area contributed by atoms with E-state index in [1.807, 2.05) is 80.6 Å². The van der Waals surface area contributed by atoms with Crippen molar-refractivity contribution < 1.29 is 9.59 Å². The summed E-state index contributed by atoms with van der Waals surface area (Å²) in [5.74, 6) is -0.0999. The number of benzene rings is 3. The van der Waals surface area contributed by atoms with Gasteiger partial charge in [-0.2, -0.15) is 5.10 Å². The number of aromatic nitrogens is 3. The van der Waals surface area contributed by atoms with Gasteiger partial charge < -0.3 is 10.6 Å². The lowest BCUT2D eigenvalue weighted by Gasteiger charge is -2.16. The zero-order chi connectivity index (χ0) is 23.9. The first-order chi connectivity index (χ1) is 16.5. The number of carbonyl (C=O) groups excluding carboxylic acids is 2. The van der Waals surface area contributed by atoms with Crippen LogP contribution in [-0.4, -0.2) is 32.3 Å². The maximum Gasteiger partial charge on any atom is 0.252 e. The second-order valence-corrected chi connectivity index (χ2v) is 8.84. The molecule has 0 aliphatic carbocycles. The molecular formula is C26H25N5O2S. The number of anilines is 1. The van der Waals surface area contributed by atoms with Crippen LogP contribution < -0.4 is 10.6 Å². The van der Waals surface area contributed by atoms with Crippen LogP contribution in [0, 0.1) is 6.92 Å². The molecule has 2 amide bonds. The number of nitrogens with zero attached hydrogens (tertiary/aromatic N) is 3. The molecule has 7 nitrogen and oxygen atoms in total. The highest BCUT2D eigenvalue weighted by molar-refractivity contribution is 8.00. The average Bonchev–Trinajstić information content (AvgIpc) is 3.39. The van der Waals surface area contributed by atoms with Crippen LogP contribution >= 0.6 is 11.8 Å². The third-order valence-corrected chi connectivity index (χ3v) is 6.32. The Morgan fingerprint density at radius 2 is 1.74 bits per heavy atom. The summed E-state index contributed by atoms with van der Waals surface area (Å²) in [5, 5.41) is 10.1. The summed E-state index contributed by atoms with van der Waals surface area (Å²) < 4.78 is 1.68. The molecular weight excluding hydrogens is 446 g/mol. The van der Waals surface area contributed by atoms with Gasteiger partial charge in [0.05, 0.1) is 23.0 Å². The molecule has 1 atom stereocenters. The molecule has 4 aromatic rings. The third-order valence-electron chi connectivity index (χ3n) is 5.25. The van der Waals surface area contributed by atoms with Gasteiger partial charge in [0.15, 0.2) is 0 Å². The summed E-state index contributed by atoms with van der Waals surface area (Å²) in [5.41, 5.74) is 4.30. The van der Waals surface area contributed by atoms with Gasteiger partial charge in [-0.15, -0.1) is 11.8 Å². The van der Waals surface area contributed by atoms with E-state index < -0.39 is 0 Å². The smallest absolute Gasteiger partial charge is 0.252 e. The van der Waals surface area contributed by atoms with Crippen LogP contribution in [0.5, 0.6) is 0 Å². The Bertz CT molecular complexity index is 1260. The molecule has 0 radical (unpaired) electrons. The van der Waals surface area contributed by atoms with E-state index in [0.717, 1.165) is 27.4 Å². The molecule has 4 rings (SSSR count). The molecule has 1 aromatic heterocycles. The van der Waals surface area contributed by atoms with Gasteiger partial charge in [0, 0.05) is 10.6 Å². The van der Waals surface area contributed by atoms with E-state index in [2.05, 4.69) is 20.7 Å². The molecule has 0 fully saturated rings. The molecule has 0 aliphatic rings. The van der Waals surface area contributed by atoms with E-state index in [0.29, 0.717) is 5.56 Å². The molecule has 0 bridgehead atoms. The Kier molecular flexibility index (Phi) is 7.39.